The third-order valence-corrected chi connectivity index (χ3v) is 4.44. The molecule has 0 aromatic heterocycles. The molecule has 98 valence electrons. The van der Waals surface area contributed by atoms with E-state index in [0.29, 0.717) is 6.54 Å². The topological polar surface area (TPSA) is 35.2 Å². The third kappa shape index (κ3) is 2.24. The first-order chi connectivity index (χ1) is 8.64. The Morgan fingerprint density at radius 2 is 2.11 bits per heavy atom. The van der Waals surface area contributed by atoms with Crippen molar-refractivity contribution >= 4 is 11.6 Å². The van der Waals surface area contributed by atoms with Crippen LogP contribution in [-0.4, -0.2) is 13.2 Å². The first kappa shape index (κ1) is 12.3. The summed E-state index contributed by atoms with van der Waals surface area (Å²) < 4.78 is 5.99. The summed E-state index contributed by atoms with van der Waals surface area (Å²) in [5.41, 5.74) is 8.49. The summed E-state index contributed by atoms with van der Waals surface area (Å²) in [5, 5.41) is 0.741. The van der Waals surface area contributed by atoms with Crippen molar-refractivity contribution in [2.75, 3.05) is 13.2 Å². The van der Waals surface area contributed by atoms with Crippen molar-refractivity contribution in [3.8, 4) is 5.75 Å². The van der Waals surface area contributed by atoms with E-state index in [1.807, 2.05) is 6.07 Å². The van der Waals surface area contributed by atoms with Gasteiger partial charge in [-0.25, -0.2) is 0 Å². The van der Waals surface area contributed by atoms with Gasteiger partial charge in [-0.1, -0.05) is 17.7 Å². The molecule has 2 aliphatic carbocycles. The van der Waals surface area contributed by atoms with Crippen molar-refractivity contribution < 1.29 is 4.74 Å². The largest absolute Gasteiger partial charge is 0.491 e. The van der Waals surface area contributed by atoms with Crippen molar-refractivity contribution in [1.82, 2.24) is 0 Å². The number of hydrogen-bond acceptors (Lipinski definition) is 2. The van der Waals surface area contributed by atoms with Crippen LogP contribution in [-0.2, 0) is 5.41 Å². The number of hydrogen-bond donors (Lipinski definition) is 1. The van der Waals surface area contributed by atoms with Gasteiger partial charge in [-0.3, -0.25) is 0 Å². The summed E-state index contributed by atoms with van der Waals surface area (Å²) in [5.74, 6) is 1.63. The molecule has 0 heterocycles. The van der Waals surface area contributed by atoms with E-state index in [0.717, 1.165) is 36.1 Å². The molecule has 0 aliphatic heterocycles. The van der Waals surface area contributed by atoms with E-state index in [9.17, 15) is 0 Å². The van der Waals surface area contributed by atoms with Crippen LogP contribution in [0.3, 0.4) is 0 Å². The van der Waals surface area contributed by atoms with E-state index >= 15 is 0 Å². The zero-order valence-corrected chi connectivity index (χ0v) is 11.6. The fraction of sp³-hybridized carbons (Fsp3) is 0.600. The normalized spacial score (nSPS) is 20.8. The van der Waals surface area contributed by atoms with Crippen molar-refractivity contribution in [1.29, 1.82) is 0 Å². The molecule has 0 unspecified atom stereocenters. The van der Waals surface area contributed by atoms with Gasteiger partial charge < -0.3 is 10.5 Å². The summed E-state index contributed by atoms with van der Waals surface area (Å²) in [6.07, 6.45) is 4.90. The average molecular weight is 266 g/mol. The summed E-state index contributed by atoms with van der Waals surface area (Å²) in [4.78, 5) is 0. The maximum Gasteiger partial charge on any atom is 0.141 e. The molecule has 0 spiro atoms. The van der Waals surface area contributed by atoms with Crippen molar-refractivity contribution in [2.45, 2.75) is 38.0 Å². The second-order valence-electron chi connectivity index (χ2n) is 5.86. The average Bonchev–Trinajstić information content (AvgIpc) is 3.22. The fourth-order valence-corrected chi connectivity index (χ4v) is 2.82. The van der Waals surface area contributed by atoms with Crippen LogP contribution in [0.1, 0.15) is 36.8 Å². The highest BCUT2D eigenvalue weighted by atomic mass is 35.5. The van der Waals surface area contributed by atoms with Gasteiger partial charge in [0.1, 0.15) is 5.75 Å². The lowest BCUT2D eigenvalue weighted by atomic mass is 9.93. The summed E-state index contributed by atoms with van der Waals surface area (Å²) in [6, 6.07) is 4.19. The molecule has 1 aromatic carbocycles. The maximum absolute atomic E-state index is 6.36. The highest BCUT2D eigenvalue weighted by Gasteiger charge is 2.45. The minimum Gasteiger partial charge on any atom is -0.491 e. The Labute approximate surface area is 113 Å². The van der Waals surface area contributed by atoms with Gasteiger partial charge in [0, 0.05) is 17.5 Å². The van der Waals surface area contributed by atoms with Crippen LogP contribution >= 0.6 is 11.6 Å². The fourth-order valence-electron chi connectivity index (χ4n) is 2.49. The van der Waals surface area contributed by atoms with E-state index in [4.69, 9.17) is 22.1 Å². The summed E-state index contributed by atoms with van der Waals surface area (Å²) in [6.45, 7) is 3.57. The number of nitrogens with two attached hydrogens (primary N) is 1. The molecule has 18 heavy (non-hydrogen) atoms. The molecule has 0 atom stereocenters. The predicted octanol–water partition coefficient (Wildman–Crippen LogP) is 3.43. The molecule has 2 aliphatic rings. The number of rotatable bonds is 5. The van der Waals surface area contributed by atoms with Gasteiger partial charge in [0.05, 0.1) is 11.6 Å². The monoisotopic (exact) mass is 265 g/mol. The molecule has 0 radical (unpaired) electrons. The van der Waals surface area contributed by atoms with Crippen molar-refractivity contribution in [3.63, 3.8) is 0 Å². The van der Waals surface area contributed by atoms with Crippen molar-refractivity contribution in [2.24, 2.45) is 11.7 Å². The van der Waals surface area contributed by atoms with Gasteiger partial charge in [-0.15, -0.1) is 0 Å². The van der Waals surface area contributed by atoms with Gasteiger partial charge >= 0.3 is 0 Å². The zero-order chi connectivity index (χ0) is 12.8. The zero-order valence-electron chi connectivity index (χ0n) is 10.8. The third-order valence-electron chi connectivity index (χ3n) is 4.16. The Morgan fingerprint density at radius 3 is 2.67 bits per heavy atom. The van der Waals surface area contributed by atoms with E-state index in [-0.39, 0.29) is 5.41 Å². The van der Waals surface area contributed by atoms with E-state index in [1.165, 1.54) is 24.0 Å². The minimum atomic E-state index is 0.133. The molecule has 2 fully saturated rings. The molecule has 0 amide bonds. The molecule has 2 N–H and O–H groups in total. The van der Waals surface area contributed by atoms with E-state index < -0.39 is 0 Å². The van der Waals surface area contributed by atoms with Crippen LogP contribution in [0.5, 0.6) is 5.75 Å². The lowest BCUT2D eigenvalue weighted by Crippen LogP contribution is -2.21. The van der Waals surface area contributed by atoms with Gasteiger partial charge in [0.25, 0.3) is 0 Å². The predicted molar refractivity (Wildman–Crippen MR) is 74.4 cm³/mol. The van der Waals surface area contributed by atoms with Gasteiger partial charge in [-0.2, -0.15) is 0 Å². The Kier molecular flexibility index (Phi) is 3.03. The molecule has 3 heteroatoms. The highest BCUT2D eigenvalue weighted by molar-refractivity contribution is 6.32. The van der Waals surface area contributed by atoms with Crippen LogP contribution in [0.4, 0.5) is 0 Å². The van der Waals surface area contributed by atoms with E-state index in [1.54, 1.807) is 0 Å². The number of benzene rings is 1. The summed E-state index contributed by atoms with van der Waals surface area (Å²) >= 11 is 6.36. The van der Waals surface area contributed by atoms with Crippen LogP contribution in [0, 0.1) is 12.8 Å². The number of ether oxygens (including phenoxy) is 1. The summed E-state index contributed by atoms with van der Waals surface area (Å²) in [7, 11) is 0. The molecule has 2 nitrogen and oxygen atoms in total. The smallest absolute Gasteiger partial charge is 0.141 e. The Hall–Kier alpha value is -0.730. The second-order valence-corrected chi connectivity index (χ2v) is 6.27. The Balaban J connectivity index is 1.93. The molecule has 0 bridgehead atoms. The lowest BCUT2D eigenvalue weighted by molar-refractivity contribution is 0.294. The van der Waals surface area contributed by atoms with Crippen LogP contribution < -0.4 is 10.5 Å². The van der Waals surface area contributed by atoms with Crippen LogP contribution in [0.25, 0.3) is 0 Å². The molecule has 2 saturated carbocycles. The quantitative estimate of drug-likeness (QED) is 0.885. The minimum absolute atomic E-state index is 0.133. The SMILES string of the molecule is Cc1cc(Cl)c(OCC2CC2)c(C2(CN)CC2)c1. The number of aryl methyl sites for hydroxylation is 1. The Bertz CT molecular complexity index is 464. The first-order valence-electron chi connectivity index (χ1n) is 6.78. The highest BCUT2D eigenvalue weighted by Crippen LogP contribution is 2.52. The molecule has 1 aromatic rings. The standard InChI is InChI=1S/C15H20ClNO/c1-10-6-12(15(9-17)4-5-15)14(13(16)7-10)18-8-11-2-3-11/h6-7,11H,2-5,8-9,17H2,1H3. The van der Waals surface area contributed by atoms with Crippen molar-refractivity contribution in [3.05, 3.63) is 28.3 Å². The lowest BCUT2D eigenvalue weighted by Gasteiger charge is -2.20. The first-order valence-corrected chi connectivity index (χ1v) is 7.16. The molecular formula is C15H20ClNO. The van der Waals surface area contributed by atoms with Crippen LogP contribution in [0.2, 0.25) is 5.02 Å². The van der Waals surface area contributed by atoms with Crippen LogP contribution in [0.15, 0.2) is 12.1 Å². The molecular weight excluding hydrogens is 246 g/mol. The Morgan fingerprint density at radius 1 is 1.39 bits per heavy atom. The molecule has 0 saturated heterocycles. The van der Waals surface area contributed by atoms with E-state index in [2.05, 4.69) is 13.0 Å². The molecule has 3 rings (SSSR count). The van der Waals surface area contributed by atoms with Gasteiger partial charge in [-0.05, 0) is 50.2 Å². The second kappa shape index (κ2) is 4.43. The van der Waals surface area contributed by atoms with Gasteiger partial charge in [0.15, 0.2) is 0 Å². The number of halogens is 1. The maximum atomic E-state index is 6.36. The van der Waals surface area contributed by atoms with Gasteiger partial charge in [0.2, 0.25) is 0 Å².